The molecule has 0 radical (unpaired) electrons. The van der Waals surface area contributed by atoms with Crippen LogP contribution in [0.3, 0.4) is 0 Å². The number of amides is 1. The summed E-state index contributed by atoms with van der Waals surface area (Å²) in [5.74, 6) is 2.10. The molecule has 0 heterocycles. The Labute approximate surface area is 148 Å². The van der Waals surface area contributed by atoms with Crippen molar-refractivity contribution in [1.29, 1.82) is 0 Å². The van der Waals surface area contributed by atoms with E-state index in [2.05, 4.69) is 12.2 Å². The molecular formula is C20H25NO4. The molecule has 0 saturated heterocycles. The average Bonchev–Trinajstić information content (AvgIpc) is 2.65. The Morgan fingerprint density at radius 3 is 2.44 bits per heavy atom. The molecule has 0 fully saturated rings. The van der Waals surface area contributed by atoms with Crippen LogP contribution in [0.25, 0.3) is 0 Å². The lowest BCUT2D eigenvalue weighted by Gasteiger charge is -2.17. The maximum Gasteiger partial charge on any atom is 0.260 e. The molecule has 1 amide bonds. The topological polar surface area (TPSA) is 56.8 Å². The van der Waals surface area contributed by atoms with Gasteiger partial charge < -0.3 is 19.5 Å². The first-order chi connectivity index (χ1) is 12.1. The fourth-order valence-electron chi connectivity index (χ4n) is 2.31. The molecule has 0 aliphatic carbocycles. The van der Waals surface area contributed by atoms with Crippen molar-refractivity contribution in [2.24, 2.45) is 0 Å². The van der Waals surface area contributed by atoms with Crippen LogP contribution in [0.4, 0.5) is 0 Å². The van der Waals surface area contributed by atoms with E-state index in [4.69, 9.17) is 14.2 Å². The van der Waals surface area contributed by atoms with Gasteiger partial charge in [-0.3, -0.25) is 4.79 Å². The molecule has 5 heteroatoms. The van der Waals surface area contributed by atoms with E-state index in [1.165, 1.54) is 0 Å². The summed E-state index contributed by atoms with van der Waals surface area (Å²) >= 11 is 0. The Morgan fingerprint density at radius 2 is 1.76 bits per heavy atom. The third-order valence-electron chi connectivity index (χ3n) is 3.76. The fourth-order valence-corrected chi connectivity index (χ4v) is 2.31. The quantitative estimate of drug-likeness (QED) is 0.710. The summed E-state index contributed by atoms with van der Waals surface area (Å²) in [4.78, 5) is 12.1. The second kappa shape index (κ2) is 9.57. The molecule has 0 aliphatic rings. The van der Waals surface area contributed by atoms with Crippen LogP contribution in [0.1, 0.15) is 19.4 Å². The fraction of sp³-hybridized carbons (Fsp3) is 0.350. The summed E-state index contributed by atoms with van der Waals surface area (Å²) in [5, 5.41) is 2.82. The van der Waals surface area contributed by atoms with Gasteiger partial charge in [0.1, 0.15) is 23.9 Å². The van der Waals surface area contributed by atoms with E-state index < -0.39 is 6.10 Å². The van der Waals surface area contributed by atoms with E-state index in [0.717, 1.165) is 29.2 Å². The molecule has 1 atom stereocenters. The number of para-hydroxylation sites is 1. The third kappa shape index (κ3) is 5.71. The van der Waals surface area contributed by atoms with Crippen molar-refractivity contribution < 1.29 is 19.0 Å². The number of hydrogen-bond acceptors (Lipinski definition) is 4. The molecule has 0 aromatic heterocycles. The van der Waals surface area contributed by atoms with Crippen LogP contribution < -0.4 is 19.5 Å². The summed E-state index contributed by atoms with van der Waals surface area (Å²) in [6, 6.07) is 15.1. The van der Waals surface area contributed by atoms with Crippen molar-refractivity contribution in [3.05, 3.63) is 54.1 Å². The Bertz CT molecular complexity index is 670. The van der Waals surface area contributed by atoms with Gasteiger partial charge in [-0.2, -0.15) is 0 Å². The van der Waals surface area contributed by atoms with Gasteiger partial charge in [-0.05, 0) is 49.2 Å². The molecule has 1 unspecified atom stereocenters. The number of aryl methyl sites for hydroxylation is 1. The Morgan fingerprint density at radius 1 is 1.08 bits per heavy atom. The van der Waals surface area contributed by atoms with Gasteiger partial charge in [0.05, 0.1) is 13.7 Å². The summed E-state index contributed by atoms with van der Waals surface area (Å²) in [6.45, 7) is 4.60. The number of nitrogens with one attached hydrogen (secondary N) is 1. The summed E-state index contributed by atoms with van der Waals surface area (Å²) < 4.78 is 16.4. The highest BCUT2D eigenvalue weighted by Gasteiger charge is 2.15. The summed E-state index contributed by atoms with van der Waals surface area (Å²) in [6.07, 6.45) is 0.300. The Balaban J connectivity index is 1.73. The summed E-state index contributed by atoms with van der Waals surface area (Å²) in [7, 11) is 1.62. The van der Waals surface area contributed by atoms with Crippen LogP contribution in [0.2, 0.25) is 0 Å². The standard InChI is InChI=1S/C20H25NO4/c1-4-16-7-5-6-8-19(16)25-15(2)20(22)21-13-14-24-18-11-9-17(23-3)10-12-18/h5-12,15H,4,13-14H2,1-3H3,(H,21,22). The van der Waals surface area contributed by atoms with Crippen molar-refractivity contribution in [3.8, 4) is 17.2 Å². The minimum Gasteiger partial charge on any atom is -0.497 e. The largest absolute Gasteiger partial charge is 0.497 e. The molecule has 0 spiro atoms. The van der Waals surface area contributed by atoms with Crippen LogP contribution >= 0.6 is 0 Å². The van der Waals surface area contributed by atoms with Gasteiger partial charge in [-0.25, -0.2) is 0 Å². The molecule has 1 N–H and O–H groups in total. The van der Waals surface area contributed by atoms with Gasteiger partial charge in [0.25, 0.3) is 5.91 Å². The first-order valence-corrected chi connectivity index (χ1v) is 8.43. The van der Waals surface area contributed by atoms with Gasteiger partial charge in [-0.1, -0.05) is 25.1 Å². The van der Waals surface area contributed by atoms with Crippen LogP contribution in [-0.2, 0) is 11.2 Å². The average molecular weight is 343 g/mol. The van der Waals surface area contributed by atoms with Crippen molar-refractivity contribution >= 4 is 5.91 Å². The maximum atomic E-state index is 12.1. The minimum absolute atomic E-state index is 0.163. The van der Waals surface area contributed by atoms with E-state index in [9.17, 15) is 4.79 Å². The molecule has 134 valence electrons. The monoisotopic (exact) mass is 343 g/mol. The zero-order valence-corrected chi connectivity index (χ0v) is 15.0. The number of hydrogen-bond donors (Lipinski definition) is 1. The number of methoxy groups -OCH3 is 1. The SMILES string of the molecule is CCc1ccccc1OC(C)C(=O)NCCOc1ccc(OC)cc1. The zero-order valence-electron chi connectivity index (χ0n) is 15.0. The van der Waals surface area contributed by atoms with Gasteiger partial charge in [0.2, 0.25) is 0 Å². The zero-order chi connectivity index (χ0) is 18.1. The van der Waals surface area contributed by atoms with Gasteiger partial charge in [-0.15, -0.1) is 0 Å². The highest BCUT2D eigenvalue weighted by atomic mass is 16.5. The van der Waals surface area contributed by atoms with E-state index in [0.29, 0.717) is 13.2 Å². The van der Waals surface area contributed by atoms with Crippen LogP contribution in [-0.4, -0.2) is 32.3 Å². The second-order valence-electron chi connectivity index (χ2n) is 5.54. The summed E-state index contributed by atoms with van der Waals surface area (Å²) in [5.41, 5.74) is 1.09. The number of carbonyl (C=O) groups is 1. The van der Waals surface area contributed by atoms with E-state index >= 15 is 0 Å². The third-order valence-corrected chi connectivity index (χ3v) is 3.76. The van der Waals surface area contributed by atoms with Gasteiger partial charge in [0.15, 0.2) is 6.10 Å². The highest BCUT2D eigenvalue weighted by molar-refractivity contribution is 5.80. The van der Waals surface area contributed by atoms with Crippen molar-refractivity contribution in [3.63, 3.8) is 0 Å². The van der Waals surface area contributed by atoms with E-state index in [1.807, 2.05) is 48.5 Å². The van der Waals surface area contributed by atoms with Gasteiger partial charge in [0, 0.05) is 0 Å². The highest BCUT2D eigenvalue weighted by Crippen LogP contribution is 2.20. The van der Waals surface area contributed by atoms with Crippen LogP contribution in [0.15, 0.2) is 48.5 Å². The molecule has 2 rings (SSSR count). The molecule has 0 aliphatic heterocycles. The van der Waals surface area contributed by atoms with Crippen molar-refractivity contribution in [1.82, 2.24) is 5.32 Å². The number of ether oxygens (including phenoxy) is 3. The van der Waals surface area contributed by atoms with Crippen molar-refractivity contribution in [2.75, 3.05) is 20.3 Å². The molecule has 2 aromatic rings. The number of rotatable bonds is 9. The Hall–Kier alpha value is -2.69. The predicted molar refractivity (Wildman–Crippen MR) is 97.4 cm³/mol. The molecule has 0 bridgehead atoms. The molecule has 0 saturated carbocycles. The molecule has 25 heavy (non-hydrogen) atoms. The molecule has 2 aromatic carbocycles. The van der Waals surface area contributed by atoms with Crippen LogP contribution in [0, 0.1) is 0 Å². The minimum atomic E-state index is -0.561. The normalized spacial score (nSPS) is 11.5. The number of benzene rings is 2. The maximum absolute atomic E-state index is 12.1. The lowest BCUT2D eigenvalue weighted by atomic mass is 10.1. The number of carbonyl (C=O) groups excluding carboxylic acids is 1. The molecule has 5 nitrogen and oxygen atoms in total. The smallest absolute Gasteiger partial charge is 0.260 e. The second-order valence-corrected chi connectivity index (χ2v) is 5.54. The molecular weight excluding hydrogens is 318 g/mol. The first-order valence-electron chi connectivity index (χ1n) is 8.43. The Kier molecular flexibility index (Phi) is 7.14. The van der Waals surface area contributed by atoms with Gasteiger partial charge >= 0.3 is 0 Å². The first kappa shape index (κ1) is 18.6. The van der Waals surface area contributed by atoms with Crippen LogP contribution in [0.5, 0.6) is 17.2 Å². The van der Waals surface area contributed by atoms with E-state index in [1.54, 1.807) is 14.0 Å². The lowest BCUT2D eigenvalue weighted by molar-refractivity contribution is -0.127. The van der Waals surface area contributed by atoms with E-state index in [-0.39, 0.29) is 5.91 Å². The lowest BCUT2D eigenvalue weighted by Crippen LogP contribution is -2.38. The predicted octanol–water partition coefficient (Wildman–Crippen LogP) is 3.22. The van der Waals surface area contributed by atoms with Crippen molar-refractivity contribution in [2.45, 2.75) is 26.4 Å².